The van der Waals surface area contributed by atoms with Crippen molar-refractivity contribution < 1.29 is 4.74 Å². The number of benzene rings is 2. The zero-order chi connectivity index (χ0) is 18.2. The molecule has 2 aromatic carbocycles. The summed E-state index contributed by atoms with van der Waals surface area (Å²) in [4.78, 5) is 17.7. The van der Waals surface area contributed by atoms with Crippen molar-refractivity contribution in [1.29, 1.82) is 0 Å². The molecular weight excluding hydrogens is 338 g/mol. The van der Waals surface area contributed by atoms with Gasteiger partial charge >= 0.3 is 0 Å². The lowest BCUT2D eigenvalue weighted by Crippen LogP contribution is -2.20. The van der Waals surface area contributed by atoms with Gasteiger partial charge in [0.2, 0.25) is 5.95 Å². The summed E-state index contributed by atoms with van der Waals surface area (Å²) in [5.41, 5.74) is 11.2. The molecule has 0 bridgehead atoms. The normalized spacial score (nSPS) is 15.9. The number of aromatic nitrogens is 4. The van der Waals surface area contributed by atoms with Crippen LogP contribution < -0.4 is 10.5 Å². The highest BCUT2D eigenvalue weighted by Gasteiger charge is 2.22. The van der Waals surface area contributed by atoms with E-state index in [0.29, 0.717) is 6.61 Å². The predicted octanol–water partition coefficient (Wildman–Crippen LogP) is 3.39. The van der Waals surface area contributed by atoms with Crippen LogP contribution in [0.5, 0.6) is 5.75 Å². The van der Waals surface area contributed by atoms with Gasteiger partial charge in [0, 0.05) is 23.9 Å². The van der Waals surface area contributed by atoms with Gasteiger partial charge in [-0.15, -0.1) is 0 Å². The number of ether oxygens (including phenoxy) is 1. The van der Waals surface area contributed by atoms with Crippen molar-refractivity contribution in [2.75, 3.05) is 12.3 Å². The van der Waals surface area contributed by atoms with Crippen molar-refractivity contribution in [2.24, 2.45) is 0 Å². The Labute approximate surface area is 156 Å². The zero-order valence-corrected chi connectivity index (χ0v) is 14.5. The molecule has 132 valence electrons. The summed E-state index contributed by atoms with van der Waals surface area (Å²) in [6, 6.07) is 15.9. The van der Waals surface area contributed by atoms with Crippen LogP contribution in [0.25, 0.3) is 22.3 Å². The van der Waals surface area contributed by atoms with Crippen LogP contribution in [-0.4, -0.2) is 26.5 Å². The predicted molar refractivity (Wildman–Crippen MR) is 103 cm³/mol. The van der Waals surface area contributed by atoms with Crippen molar-refractivity contribution >= 4 is 17.0 Å². The summed E-state index contributed by atoms with van der Waals surface area (Å²) in [6.45, 7) is 0.610. The highest BCUT2D eigenvalue weighted by atomic mass is 16.5. The highest BCUT2D eigenvalue weighted by molar-refractivity contribution is 5.80. The smallest absolute Gasteiger partial charge is 0.220 e. The maximum Gasteiger partial charge on any atom is 0.220 e. The quantitative estimate of drug-likeness (QED) is 0.593. The van der Waals surface area contributed by atoms with Crippen LogP contribution in [-0.2, 0) is 6.42 Å². The van der Waals surface area contributed by atoms with Crippen LogP contribution in [0.3, 0.4) is 0 Å². The van der Waals surface area contributed by atoms with E-state index in [0.717, 1.165) is 40.2 Å². The minimum atomic E-state index is 0.190. The minimum Gasteiger partial charge on any atom is -0.493 e. The van der Waals surface area contributed by atoms with Gasteiger partial charge in [0.1, 0.15) is 5.75 Å². The Morgan fingerprint density at radius 3 is 2.81 bits per heavy atom. The first-order valence-corrected chi connectivity index (χ1v) is 8.82. The fourth-order valence-electron chi connectivity index (χ4n) is 3.43. The Morgan fingerprint density at radius 1 is 0.963 bits per heavy atom. The molecule has 1 atom stereocenters. The van der Waals surface area contributed by atoms with Gasteiger partial charge in [-0.1, -0.05) is 24.3 Å². The molecule has 1 aliphatic heterocycles. The molecule has 3 heterocycles. The third-order valence-corrected chi connectivity index (χ3v) is 4.83. The monoisotopic (exact) mass is 355 g/mol. The molecule has 0 fully saturated rings. The van der Waals surface area contributed by atoms with E-state index in [-0.39, 0.29) is 11.9 Å². The second-order valence-corrected chi connectivity index (χ2v) is 6.62. The molecule has 0 saturated carbocycles. The molecule has 0 radical (unpaired) electrons. The Balaban J connectivity index is 1.51. The molecule has 0 spiro atoms. The van der Waals surface area contributed by atoms with E-state index in [2.05, 4.69) is 21.0 Å². The average molecular weight is 355 g/mol. The largest absolute Gasteiger partial charge is 0.493 e. The van der Waals surface area contributed by atoms with Crippen LogP contribution in [0.15, 0.2) is 60.9 Å². The Hall–Kier alpha value is -3.54. The summed E-state index contributed by atoms with van der Waals surface area (Å²) < 4.78 is 5.91. The number of anilines is 1. The van der Waals surface area contributed by atoms with Crippen molar-refractivity contribution in [2.45, 2.75) is 12.3 Å². The van der Waals surface area contributed by atoms with E-state index in [1.54, 1.807) is 6.20 Å². The molecule has 5 rings (SSSR count). The molecule has 1 aliphatic rings. The molecule has 6 nitrogen and oxygen atoms in total. The van der Waals surface area contributed by atoms with Crippen LogP contribution in [0.4, 0.5) is 5.95 Å². The maximum absolute atomic E-state index is 5.91. The maximum atomic E-state index is 5.91. The fraction of sp³-hybridized carbons (Fsp3) is 0.143. The standard InChI is InChI=1S/C21H17N5O/c22-21-23-8-7-16(26-21)13-5-6-17-18(10-13)25-19(11-24-17)15-9-14-3-1-2-4-20(14)27-12-15/h1-8,10-11,15H,9,12H2,(H2,22,23,26). The van der Waals surface area contributed by atoms with E-state index < -0.39 is 0 Å². The Bertz CT molecular complexity index is 1140. The molecule has 2 aromatic heterocycles. The van der Waals surface area contributed by atoms with Gasteiger partial charge in [-0.05, 0) is 36.2 Å². The number of nitrogen functional groups attached to an aromatic ring is 1. The summed E-state index contributed by atoms with van der Waals surface area (Å²) in [5.74, 6) is 1.41. The lowest BCUT2D eigenvalue weighted by Gasteiger charge is -2.24. The molecular formula is C21H17N5O. The van der Waals surface area contributed by atoms with Crippen LogP contribution >= 0.6 is 0 Å². The summed E-state index contributed by atoms with van der Waals surface area (Å²) in [5, 5.41) is 0. The average Bonchev–Trinajstić information content (AvgIpc) is 2.72. The van der Waals surface area contributed by atoms with Gasteiger partial charge in [0.15, 0.2) is 0 Å². The second kappa shape index (κ2) is 6.32. The molecule has 27 heavy (non-hydrogen) atoms. The summed E-state index contributed by atoms with van der Waals surface area (Å²) >= 11 is 0. The third-order valence-electron chi connectivity index (χ3n) is 4.83. The summed E-state index contributed by atoms with van der Waals surface area (Å²) in [6.07, 6.45) is 4.41. The van der Waals surface area contributed by atoms with Crippen molar-refractivity contribution in [1.82, 2.24) is 19.9 Å². The van der Waals surface area contributed by atoms with Gasteiger partial charge in [0.25, 0.3) is 0 Å². The first kappa shape index (κ1) is 15.7. The Morgan fingerprint density at radius 2 is 1.89 bits per heavy atom. The number of rotatable bonds is 2. The Kier molecular flexibility index (Phi) is 3.67. The van der Waals surface area contributed by atoms with Crippen LogP contribution in [0.2, 0.25) is 0 Å². The lowest BCUT2D eigenvalue weighted by molar-refractivity contribution is 0.260. The van der Waals surface area contributed by atoms with Crippen LogP contribution in [0, 0.1) is 0 Å². The number of hydrogen-bond donors (Lipinski definition) is 1. The van der Waals surface area contributed by atoms with Crippen molar-refractivity contribution in [3.05, 3.63) is 72.2 Å². The fourth-order valence-corrected chi connectivity index (χ4v) is 3.43. The minimum absolute atomic E-state index is 0.190. The van der Waals surface area contributed by atoms with Crippen molar-refractivity contribution in [3.63, 3.8) is 0 Å². The third kappa shape index (κ3) is 2.95. The van der Waals surface area contributed by atoms with E-state index >= 15 is 0 Å². The molecule has 4 aromatic rings. The summed E-state index contributed by atoms with van der Waals surface area (Å²) in [7, 11) is 0. The van der Waals surface area contributed by atoms with Gasteiger partial charge in [-0.2, -0.15) is 0 Å². The van der Waals surface area contributed by atoms with E-state index in [9.17, 15) is 0 Å². The number of nitrogens with two attached hydrogens (primary N) is 1. The molecule has 1 unspecified atom stereocenters. The van der Waals surface area contributed by atoms with E-state index in [1.165, 1.54) is 5.56 Å². The topological polar surface area (TPSA) is 86.8 Å². The van der Waals surface area contributed by atoms with Gasteiger partial charge < -0.3 is 10.5 Å². The van der Waals surface area contributed by atoms with Gasteiger partial charge in [-0.3, -0.25) is 4.98 Å². The highest BCUT2D eigenvalue weighted by Crippen LogP contribution is 2.32. The zero-order valence-electron chi connectivity index (χ0n) is 14.5. The number of nitrogens with zero attached hydrogens (tertiary/aromatic N) is 4. The first-order valence-electron chi connectivity index (χ1n) is 8.82. The van der Waals surface area contributed by atoms with Gasteiger partial charge in [-0.25, -0.2) is 15.0 Å². The number of hydrogen-bond acceptors (Lipinski definition) is 6. The van der Waals surface area contributed by atoms with Crippen LogP contribution in [0.1, 0.15) is 17.2 Å². The SMILES string of the molecule is Nc1nccc(-c2ccc3ncc(C4COc5ccccc5C4)nc3c2)n1. The molecule has 6 heteroatoms. The number of fused-ring (bicyclic) bond motifs is 2. The van der Waals surface area contributed by atoms with E-state index in [4.69, 9.17) is 15.5 Å². The lowest BCUT2D eigenvalue weighted by atomic mass is 9.94. The number of para-hydroxylation sites is 1. The molecule has 0 saturated heterocycles. The van der Waals surface area contributed by atoms with Gasteiger partial charge in [0.05, 0.1) is 29.0 Å². The van der Waals surface area contributed by atoms with E-state index in [1.807, 2.05) is 48.7 Å². The first-order chi connectivity index (χ1) is 13.3. The van der Waals surface area contributed by atoms with Crippen molar-refractivity contribution in [3.8, 4) is 17.0 Å². The molecule has 0 aliphatic carbocycles. The second-order valence-electron chi connectivity index (χ2n) is 6.62. The molecule has 2 N–H and O–H groups in total. The molecule has 0 amide bonds.